The number of halogens is 1. The highest BCUT2D eigenvalue weighted by atomic mass is 32.2. The van der Waals surface area contributed by atoms with E-state index in [4.69, 9.17) is 14.6 Å². The fourth-order valence-corrected chi connectivity index (χ4v) is 3.97. The molecule has 0 amide bonds. The summed E-state index contributed by atoms with van der Waals surface area (Å²) >= 11 is 0. The van der Waals surface area contributed by atoms with Crippen LogP contribution in [-0.2, 0) is 19.6 Å². The lowest BCUT2D eigenvalue weighted by Gasteiger charge is -2.18. The van der Waals surface area contributed by atoms with Crippen molar-refractivity contribution < 1.29 is 32.2 Å². The number of rotatable bonds is 7. The molecular weight excluding hydrogens is 329 g/mol. The van der Waals surface area contributed by atoms with Gasteiger partial charge in [0, 0.05) is 20.2 Å². The molecule has 1 fully saturated rings. The summed E-state index contributed by atoms with van der Waals surface area (Å²) in [7, 11) is -2.56. The molecule has 1 unspecified atom stereocenters. The molecule has 0 aromatic heterocycles. The molecule has 2 rings (SSSR count). The molecule has 9 heteroatoms. The lowest BCUT2D eigenvalue weighted by Crippen LogP contribution is -2.30. The summed E-state index contributed by atoms with van der Waals surface area (Å²) in [5.74, 6) is -2.49. The standard InChI is InChI=1S/C14H18FNO6S/c1-21-6-7-22-12-3-2-11(15)8-13(12)23(19,20)16-5-4-10(9-16)14(17)18/h2-3,8,10H,4-7,9H2,1H3,(H,17,18). The summed E-state index contributed by atoms with van der Waals surface area (Å²) in [5.41, 5.74) is 0. The third-order valence-corrected chi connectivity index (χ3v) is 5.46. The van der Waals surface area contributed by atoms with Gasteiger partial charge in [-0.3, -0.25) is 4.79 Å². The van der Waals surface area contributed by atoms with Crippen LogP contribution < -0.4 is 4.74 Å². The Morgan fingerprint density at radius 3 is 2.78 bits per heavy atom. The van der Waals surface area contributed by atoms with Crippen LogP contribution in [0.25, 0.3) is 0 Å². The molecule has 0 radical (unpaired) electrons. The Kier molecular flexibility index (Phi) is 5.55. The van der Waals surface area contributed by atoms with Crippen molar-refractivity contribution in [3.05, 3.63) is 24.0 Å². The van der Waals surface area contributed by atoms with Crippen molar-refractivity contribution in [2.75, 3.05) is 33.4 Å². The summed E-state index contributed by atoms with van der Waals surface area (Å²) in [5, 5.41) is 8.99. The van der Waals surface area contributed by atoms with Crippen LogP contribution in [-0.4, -0.2) is 57.2 Å². The zero-order chi connectivity index (χ0) is 17.0. The summed E-state index contributed by atoms with van der Waals surface area (Å²) < 4.78 is 50.0. The maximum atomic E-state index is 13.5. The summed E-state index contributed by atoms with van der Waals surface area (Å²) in [6.07, 6.45) is 0.226. The van der Waals surface area contributed by atoms with Crippen molar-refractivity contribution in [3.8, 4) is 5.75 Å². The highest BCUT2D eigenvalue weighted by Gasteiger charge is 2.37. The van der Waals surface area contributed by atoms with Gasteiger partial charge in [-0.15, -0.1) is 0 Å². The van der Waals surface area contributed by atoms with E-state index in [2.05, 4.69) is 0 Å². The number of hydrogen-bond acceptors (Lipinski definition) is 5. The van der Waals surface area contributed by atoms with Crippen LogP contribution in [0.2, 0.25) is 0 Å². The summed E-state index contributed by atoms with van der Waals surface area (Å²) in [6, 6.07) is 3.22. The Morgan fingerprint density at radius 1 is 1.43 bits per heavy atom. The van der Waals surface area contributed by atoms with E-state index in [0.29, 0.717) is 0 Å². The van der Waals surface area contributed by atoms with E-state index in [1.165, 1.54) is 13.2 Å². The van der Waals surface area contributed by atoms with E-state index in [9.17, 15) is 17.6 Å². The Balaban J connectivity index is 2.28. The van der Waals surface area contributed by atoms with Crippen LogP contribution in [0.4, 0.5) is 4.39 Å². The Hall–Kier alpha value is -1.71. The van der Waals surface area contributed by atoms with Gasteiger partial charge in [0.15, 0.2) is 0 Å². The number of methoxy groups -OCH3 is 1. The van der Waals surface area contributed by atoms with Crippen LogP contribution in [0.1, 0.15) is 6.42 Å². The molecule has 1 N–H and O–H groups in total. The van der Waals surface area contributed by atoms with Crippen LogP contribution >= 0.6 is 0 Å². The highest BCUT2D eigenvalue weighted by molar-refractivity contribution is 7.89. The summed E-state index contributed by atoms with van der Waals surface area (Å²) in [4.78, 5) is 10.7. The Labute approximate surface area is 133 Å². The molecule has 0 saturated carbocycles. The number of sulfonamides is 1. The molecule has 1 heterocycles. The average Bonchev–Trinajstić information content (AvgIpc) is 2.99. The van der Waals surface area contributed by atoms with Gasteiger partial charge in [0.2, 0.25) is 10.0 Å². The van der Waals surface area contributed by atoms with E-state index < -0.39 is 27.7 Å². The maximum Gasteiger partial charge on any atom is 0.307 e. The van der Waals surface area contributed by atoms with Crippen LogP contribution in [0.15, 0.2) is 23.1 Å². The largest absolute Gasteiger partial charge is 0.490 e. The van der Waals surface area contributed by atoms with Gasteiger partial charge < -0.3 is 14.6 Å². The van der Waals surface area contributed by atoms with E-state index >= 15 is 0 Å². The fraction of sp³-hybridized carbons (Fsp3) is 0.500. The number of aliphatic carboxylic acids is 1. The van der Waals surface area contributed by atoms with Gasteiger partial charge in [0.05, 0.1) is 12.5 Å². The lowest BCUT2D eigenvalue weighted by atomic mass is 10.1. The molecule has 7 nitrogen and oxygen atoms in total. The van der Waals surface area contributed by atoms with Gasteiger partial charge in [0.1, 0.15) is 23.1 Å². The molecule has 0 spiro atoms. The minimum Gasteiger partial charge on any atom is -0.490 e. The van der Waals surface area contributed by atoms with Crippen molar-refractivity contribution in [2.45, 2.75) is 11.3 Å². The van der Waals surface area contributed by atoms with Crippen LogP contribution in [0, 0.1) is 11.7 Å². The first-order chi connectivity index (χ1) is 10.9. The molecule has 1 atom stereocenters. The smallest absolute Gasteiger partial charge is 0.307 e. The molecule has 1 saturated heterocycles. The lowest BCUT2D eigenvalue weighted by molar-refractivity contribution is -0.141. The van der Waals surface area contributed by atoms with Gasteiger partial charge in [-0.2, -0.15) is 4.31 Å². The van der Waals surface area contributed by atoms with Crippen molar-refractivity contribution >= 4 is 16.0 Å². The molecule has 0 aliphatic carbocycles. The van der Waals surface area contributed by atoms with E-state index in [-0.39, 0.29) is 43.4 Å². The molecule has 1 aromatic carbocycles. The van der Waals surface area contributed by atoms with E-state index in [1.54, 1.807) is 0 Å². The fourth-order valence-electron chi connectivity index (χ4n) is 2.32. The second-order valence-electron chi connectivity index (χ2n) is 5.12. The number of benzene rings is 1. The quantitative estimate of drug-likeness (QED) is 0.738. The normalized spacial score (nSPS) is 19.0. The number of ether oxygens (including phenoxy) is 2. The van der Waals surface area contributed by atoms with E-state index in [0.717, 1.165) is 16.4 Å². The number of hydrogen-bond donors (Lipinski definition) is 1. The minimum atomic E-state index is -4.03. The third kappa shape index (κ3) is 3.98. The highest BCUT2D eigenvalue weighted by Crippen LogP contribution is 2.31. The topological polar surface area (TPSA) is 93.1 Å². The first-order valence-corrected chi connectivity index (χ1v) is 8.44. The zero-order valence-corrected chi connectivity index (χ0v) is 13.4. The average molecular weight is 347 g/mol. The predicted octanol–water partition coefficient (Wildman–Crippen LogP) is 0.946. The summed E-state index contributed by atoms with van der Waals surface area (Å²) in [6.45, 7) is 0.309. The second-order valence-corrected chi connectivity index (χ2v) is 7.03. The van der Waals surface area contributed by atoms with Crippen LogP contribution in [0.3, 0.4) is 0 Å². The van der Waals surface area contributed by atoms with Crippen molar-refractivity contribution in [3.63, 3.8) is 0 Å². The van der Waals surface area contributed by atoms with Crippen molar-refractivity contribution in [2.24, 2.45) is 5.92 Å². The predicted molar refractivity (Wildman–Crippen MR) is 78.3 cm³/mol. The second kappa shape index (κ2) is 7.24. The van der Waals surface area contributed by atoms with Crippen LogP contribution in [0.5, 0.6) is 5.75 Å². The van der Waals surface area contributed by atoms with Gasteiger partial charge in [0.25, 0.3) is 0 Å². The third-order valence-electron chi connectivity index (χ3n) is 3.57. The van der Waals surface area contributed by atoms with Gasteiger partial charge in [-0.1, -0.05) is 0 Å². The molecule has 128 valence electrons. The number of carboxylic acids is 1. The molecule has 1 aliphatic rings. The monoisotopic (exact) mass is 347 g/mol. The van der Waals surface area contributed by atoms with Gasteiger partial charge in [-0.25, -0.2) is 12.8 Å². The Morgan fingerprint density at radius 2 is 2.17 bits per heavy atom. The number of nitrogens with zero attached hydrogens (tertiary/aromatic N) is 1. The molecule has 23 heavy (non-hydrogen) atoms. The number of carboxylic acid groups (broad SMARTS) is 1. The maximum absolute atomic E-state index is 13.5. The Bertz CT molecular complexity index is 678. The molecule has 1 aromatic rings. The molecule has 1 aliphatic heterocycles. The SMILES string of the molecule is COCCOc1ccc(F)cc1S(=O)(=O)N1CCC(C(=O)O)C1. The van der Waals surface area contributed by atoms with Gasteiger partial charge >= 0.3 is 5.97 Å². The first-order valence-electron chi connectivity index (χ1n) is 7.00. The van der Waals surface area contributed by atoms with Crippen molar-refractivity contribution in [1.29, 1.82) is 0 Å². The molecular formula is C14H18FNO6S. The number of carbonyl (C=O) groups is 1. The molecule has 0 bridgehead atoms. The van der Waals surface area contributed by atoms with Crippen molar-refractivity contribution in [1.82, 2.24) is 4.31 Å². The zero-order valence-electron chi connectivity index (χ0n) is 12.6. The first kappa shape index (κ1) is 17.6. The van der Waals surface area contributed by atoms with Gasteiger partial charge in [-0.05, 0) is 24.6 Å². The van der Waals surface area contributed by atoms with E-state index in [1.807, 2.05) is 0 Å². The minimum absolute atomic E-state index is 0.0159.